The molecule has 1 N–H and O–H groups in total. The first-order valence-electron chi connectivity index (χ1n) is 10.1. The van der Waals surface area contributed by atoms with E-state index in [1.54, 1.807) is 25.5 Å². The minimum absolute atomic E-state index is 0.137. The molecule has 2 aromatic rings. The maximum atomic E-state index is 12.6. The topological polar surface area (TPSA) is 89.4 Å². The minimum Gasteiger partial charge on any atom is -0.369 e. The lowest BCUT2D eigenvalue weighted by atomic mass is 9.73. The number of carbonyl (C=O) groups excluding carboxylic acids is 1. The highest BCUT2D eigenvalue weighted by atomic mass is 16.5. The fourth-order valence-electron chi connectivity index (χ4n) is 5.26. The number of aryl methyl sites for hydroxylation is 2. The molecule has 5 rings (SSSR count). The number of nitrogens with zero attached hydrogens (tertiary/aromatic N) is 4. The normalized spacial score (nSPS) is 29.9. The lowest BCUT2D eigenvalue weighted by Crippen LogP contribution is -2.42. The number of anilines is 1. The molecule has 8 heteroatoms. The van der Waals surface area contributed by atoms with Crippen molar-refractivity contribution >= 4 is 11.7 Å². The number of rotatable bonds is 4. The Balaban J connectivity index is 1.30. The van der Waals surface area contributed by atoms with Crippen molar-refractivity contribution in [3.8, 4) is 0 Å². The fourth-order valence-corrected chi connectivity index (χ4v) is 5.26. The molecule has 2 bridgehead atoms. The Morgan fingerprint density at radius 1 is 1.41 bits per heavy atom. The summed E-state index contributed by atoms with van der Waals surface area (Å²) in [6.07, 6.45) is 5.69. The summed E-state index contributed by atoms with van der Waals surface area (Å²) in [6, 6.07) is 5.00. The molecule has 1 amide bonds. The van der Waals surface area contributed by atoms with Gasteiger partial charge in [0.05, 0.1) is 11.7 Å². The average molecular weight is 395 g/mol. The second kappa shape index (κ2) is 6.66. The third kappa shape index (κ3) is 3.02. The zero-order valence-electron chi connectivity index (χ0n) is 16.7. The van der Waals surface area contributed by atoms with Crippen LogP contribution in [0.25, 0.3) is 0 Å². The van der Waals surface area contributed by atoms with Gasteiger partial charge in [-0.2, -0.15) is 0 Å². The third-order valence-electron chi connectivity index (χ3n) is 6.73. The van der Waals surface area contributed by atoms with Gasteiger partial charge in [0.1, 0.15) is 11.6 Å². The van der Waals surface area contributed by atoms with Gasteiger partial charge in [-0.15, -0.1) is 0 Å². The Labute approximate surface area is 168 Å². The van der Waals surface area contributed by atoms with Crippen LogP contribution < -0.4 is 15.8 Å². The maximum Gasteiger partial charge on any atom is 0.251 e. The number of aromatic nitrogens is 3. The molecule has 0 unspecified atom stereocenters. The molecule has 3 fully saturated rings. The van der Waals surface area contributed by atoms with Crippen LogP contribution in [0.3, 0.4) is 0 Å². The molecule has 1 spiro atoms. The fraction of sp³-hybridized carbons (Fsp3) is 0.524. The zero-order valence-corrected chi connectivity index (χ0v) is 16.7. The van der Waals surface area contributed by atoms with Crippen molar-refractivity contribution < 1.29 is 9.53 Å². The molecule has 3 saturated heterocycles. The van der Waals surface area contributed by atoms with Gasteiger partial charge < -0.3 is 19.5 Å². The Kier molecular flexibility index (Phi) is 4.20. The van der Waals surface area contributed by atoms with Gasteiger partial charge in [0.25, 0.3) is 11.5 Å². The summed E-state index contributed by atoms with van der Waals surface area (Å²) < 4.78 is 7.91. The number of carbonyl (C=O) groups is 1. The van der Waals surface area contributed by atoms with Crippen molar-refractivity contribution in [1.29, 1.82) is 0 Å². The van der Waals surface area contributed by atoms with Crippen LogP contribution in [-0.4, -0.2) is 51.8 Å². The molecular formula is C21H25N5O3. The van der Waals surface area contributed by atoms with E-state index in [1.165, 1.54) is 10.6 Å². The first kappa shape index (κ1) is 18.3. The van der Waals surface area contributed by atoms with Crippen molar-refractivity contribution in [3.05, 3.63) is 52.3 Å². The lowest BCUT2D eigenvalue weighted by molar-refractivity contribution is 0.0141. The van der Waals surface area contributed by atoms with Crippen LogP contribution in [0.1, 0.15) is 29.0 Å². The highest BCUT2D eigenvalue weighted by Crippen LogP contribution is 2.55. The molecule has 0 aromatic carbocycles. The molecule has 3 aliphatic heterocycles. The van der Waals surface area contributed by atoms with Crippen molar-refractivity contribution in [3.63, 3.8) is 0 Å². The highest BCUT2D eigenvalue weighted by Gasteiger charge is 2.63. The van der Waals surface area contributed by atoms with E-state index in [2.05, 4.69) is 20.2 Å². The molecule has 0 aliphatic carbocycles. The van der Waals surface area contributed by atoms with Gasteiger partial charge >= 0.3 is 0 Å². The summed E-state index contributed by atoms with van der Waals surface area (Å²) in [4.78, 5) is 35.4. The number of hydrogen-bond donors (Lipinski definition) is 1. The molecule has 5 heterocycles. The molecule has 0 saturated carbocycles. The Morgan fingerprint density at radius 3 is 3.07 bits per heavy atom. The van der Waals surface area contributed by atoms with E-state index >= 15 is 0 Å². The summed E-state index contributed by atoms with van der Waals surface area (Å²) in [7, 11) is 1.67. The van der Waals surface area contributed by atoms with E-state index in [0.717, 1.165) is 37.6 Å². The van der Waals surface area contributed by atoms with Gasteiger partial charge in [0.15, 0.2) is 0 Å². The predicted octanol–water partition coefficient (Wildman–Crippen LogP) is 0.898. The average Bonchev–Trinajstić information content (AvgIpc) is 3.37. The molecule has 8 nitrogen and oxygen atoms in total. The van der Waals surface area contributed by atoms with E-state index in [9.17, 15) is 9.59 Å². The quantitative estimate of drug-likeness (QED) is 0.827. The van der Waals surface area contributed by atoms with Gasteiger partial charge in [0, 0.05) is 62.5 Å². The standard InChI is InChI=1S/C21H25N5O3/c1-13-22-7-4-18(24-13)26-11-16-15(17-3-6-21(16,12-26)29-17)10-23-20(28)14-5-8-25(2)19(27)9-14/h4-5,7-9,15-17H,3,6,10-12H2,1-2H3,(H,23,28)/t15-,16+,17+,21+/m0/s1. The van der Waals surface area contributed by atoms with Gasteiger partial charge in [-0.05, 0) is 31.9 Å². The van der Waals surface area contributed by atoms with Crippen LogP contribution in [0.2, 0.25) is 0 Å². The first-order chi connectivity index (χ1) is 13.9. The summed E-state index contributed by atoms with van der Waals surface area (Å²) >= 11 is 0. The zero-order chi connectivity index (χ0) is 20.2. The van der Waals surface area contributed by atoms with E-state index in [1.807, 2.05) is 13.0 Å². The van der Waals surface area contributed by atoms with Crippen LogP contribution in [-0.2, 0) is 11.8 Å². The SMILES string of the molecule is Cc1nccc(N2C[C@@H]3[C@H](CNC(=O)c4ccn(C)c(=O)c4)[C@H]4CC[C@]3(C2)O4)n1. The van der Waals surface area contributed by atoms with E-state index in [0.29, 0.717) is 18.0 Å². The first-order valence-corrected chi connectivity index (χ1v) is 10.1. The number of hydrogen-bond acceptors (Lipinski definition) is 6. The maximum absolute atomic E-state index is 12.6. The van der Waals surface area contributed by atoms with Crippen LogP contribution >= 0.6 is 0 Å². The number of nitrogens with one attached hydrogen (secondary N) is 1. The van der Waals surface area contributed by atoms with Crippen molar-refractivity contribution in [1.82, 2.24) is 19.9 Å². The summed E-state index contributed by atoms with van der Waals surface area (Å²) in [5, 5.41) is 3.03. The Morgan fingerprint density at radius 2 is 2.28 bits per heavy atom. The molecule has 4 atom stereocenters. The number of amides is 1. The van der Waals surface area contributed by atoms with Crippen LogP contribution in [0.4, 0.5) is 5.82 Å². The molecular weight excluding hydrogens is 370 g/mol. The Bertz CT molecular complexity index is 1020. The van der Waals surface area contributed by atoms with Gasteiger partial charge in [0.2, 0.25) is 0 Å². The Hall–Kier alpha value is -2.74. The smallest absolute Gasteiger partial charge is 0.251 e. The van der Waals surface area contributed by atoms with Gasteiger partial charge in [-0.1, -0.05) is 0 Å². The predicted molar refractivity (Wildman–Crippen MR) is 107 cm³/mol. The largest absolute Gasteiger partial charge is 0.369 e. The number of pyridine rings is 1. The van der Waals surface area contributed by atoms with Gasteiger partial charge in [-0.3, -0.25) is 9.59 Å². The molecule has 0 radical (unpaired) electrons. The molecule has 152 valence electrons. The van der Waals surface area contributed by atoms with Crippen LogP contribution in [0, 0.1) is 18.8 Å². The minimum atomic E-state index is -0.208. The molecule has 3 aliphatic rings. The monoisotopic (exact) mass is 395 g/mol. The lowest BCUT2D eigenvalue weighted by Gasteiger charge is -2.29. The van der Waals surface area contributed by atoms with Crippen LogP contribution in [0.5, 0.6) is 0 Å². The molecule has 29 heavy (non-hydrogen) atoms. The summed E-state index contributed by atoms with van der Waals surface area (Å²) in [5.74, 6) is 2.13. The second-order valence-electron chi connectivity index (χ2n) is 8.45. The van der Waals surface area contributed by atoms with Crippen molar-refractivity contribution in [2.75, 3.05) is 24.5 Å². The van der Waals surface area contributed by atoms with Crippen LogP contribution in [0.15, 0.2) is 35.4 Å². The number of fused-ring (bicyclic) bond motifs is 1. The van der Waals surface area contributed by atoms with Crippen molar-refractivity contribution in [2.24, 2.45) is 18.9 Å². The van der Waals surface area contributed by atoms with E-state index in [-0.39, 0.29) is 29.1 Å². The van der Waals surface area contributed by atoms with Crippen molar-refractivity contribution in [2.45, 2.75) is 31.5 Å². The summed E-state index contributed by atoms with van der Waals surface area (Å²) in [5.41, 5.74) is 0.0737. The summed E-state index contributed by atoms with van der Waals surface area (Å²) in [6.45, 7) is 4.17. The van der Waals surface area contributed by atoms with Gasteiger partial charge in [-0.25, -0.2) is 9.97 Å². The van der Waals surface area contributed by atoms with E-state index in [4.69, 9.17) is 4.74 Å². The number of ether oxygens (including phenoxy) is 1. The highest BCUT2D eigenvalue weighted by molar-refractivity contribution is 5.93. The van der Waals surface area contributed by atoms with E-state index < -0.39 is 0 Å². The molecule has 2 aromatic heterocycles. The third-order valence-corrected chi connectivity index (χ3v) is 6.73. The second-order valence-corrected chi connectivity index (χ2v) is 8.45.